The first-order valence-corrected chi connectivity index (χ1v) is 7.42. The first-order valence-electron chi connectivity index (χ1n) is 7.42. The van der Waals surface area contributed by atoms with Gasteiger partial charge in [0.25, 0.3) is 5.91 Å². The Balaban J connectivity index is 2.41. The fourth-order valence-corrected chi connectivity index (χ4v) is 2.18. The van der Waals surface area contributed by atoms with Gasteiger partial charge in [-0.3, -0.25) is 9.78 Å². The Morgan fingerprint density at radius 1 is 1.32 bits per heavy atom. The lowest BCUT2D eigenvalue weighted by Gasteiger charge is -2.25. The third-order valence-corrected chi connectivity index (χ3v) is 3.89. The zero-order valence-electron chi connectivity index (χ0n) is 13.5. The van der Waals surface area contributed by atoms with E-state index in [4.69, 9.17) is 9.47 Å². The molecule has 0 aliphatic heterocycles. The maximum atomic E-state index is 12.5. The highest BCUT2D eigenvalue weighted by Crippen LogP contribution is 2.30. The van der Waals surface area contributed by atoms with E-state index in [1.165, 1.54) is 0 Å². The predicted molar refractivity (Wildman–Crippen MR) is 87.2 cm³/mol. The summed E-state index contributed by atoms with van der Waals surface area (Å²) in [6, 6.07) is 7.41. The van der Waals surface area contributed by atoms with Crippen LogP contribution in [0.15, 0.2) is 30.5 Å². The van der Waals surface area contributed by atoms with E-state index in [9.17, 15) is 4.79 Å². The van der Waals surface area contributed by atoms with Crippen LogP contribution in [0.1, 0.15) is 27.2 Å². The second-order valence-corrected chi connectivity index (χ2v) is 5.19. The van der Waals surface area contributed by atoms with E-state index in [1.807, 2.05) is 38.1 Å². The summed E-state index contributed by atoms with van der Waals surface area (Å²) >= 11 is 0. The molecule has 0 spiro atoms. The van der Waals surface area contributed by atoms with Crippen molar-refractivity contribution in [2.45, 2.75) is 32.8 Å². The van der Waals surface area contributed by atoms with Crippen molar-refractivity contribution in [2.75, 3.05) is 19.0 Å². The van der Waals surface area contributed by atoms with Gasteiger partial charge in [0.2, 0.25) is 0 Å². The Morgan fingerprint density at radius 3 is 2.73 bits per heavy atom. The molecule has 0 aliphatic rings. The molecule has 0 fully saturated rings. The van der Waals surface area contributed by atoms with Crippen LogP contribution >= 0.6 is 0 Å². The molecule has 1 aromatic heterocycles. The van der Waals surface area contributed by atoms with Crippen LogP contribution in [0.5, 0.6) is 5.75 Å². The lowest BCUT2D eigenvalue weighted by molar-refractivity contribution is -0.136. The highest BCUT2D eigenvalue weighted by atomic mass is 16.5. The van der Waals surface area contributed by atoms with Crippen molar-refractivity contribution in [3.8, 4) is 5.75 Å². The number of nitrogens with one attached hydrogen (secondary N) is 1. The normalized spacial score (nSPS) is 13.6. The number of carbonyl (C=O) groups is 1. The van der Waals surface area contributed by atoms with Gasteiger partial charge in [-0.05, 0) is 44.5 Å². The van der Waals surface area contributed by atoms with Crippen LogP contribution in [0.4, 0.5) is 5.69 Å². The number of carbonyl (C=O) groups excluding carboxylic acids is 1. The summed E-state index contributed by atoms with van der Waals surface area (Å²) in [5.74, 6) is 0.535. The number of nitrogens with zero attached hydrogens (tertiary/aromatic N) is 1. The smallest absolute Gasteiger partial charge is 0.256 e. The van der Waals surface area contributed by atoms with Crippen molar-refractivity contribution >= 4 is 22.5 Å². The average Bonchev–Trinajstić information content (AvgIpc) is 2.56. The van der Waals surface area contributed by atoms with Crippen LogP contribution in [-0.2, 0) is 9.53 Å². The van der Waals surface area contributed by atoms with Crippen molar-refractivity contribution in [3.05, 3.63) is 30.5 Å². The summed E-state index contributed by atoms with van der Waals surface area (Å²) in [5.41, 5.74) is 0.582. The Labute approximate surface area is 130 Å². The molecule has 2 rings (SSSR count). The molecule has 5 nitrogen and oxygen atoms in total. The van der Waals surface area contributed by atoms with Gasteiger partial charge in [-0.1, -0.05) is 6.92 Å². The SMILES string of the molecule is CCOc1ccc(NC(=O)[C@](C)(CC)OC)c2cccnc12. The third kappa shape index (κ3) is 3.04. The number of benzene rings is 1. The number of amides is 1. The van der Waals surface area contributed by atoms with Gasteiger partial charge in [0, 0.05) is 18.7 Å². The fourth-order valence-electron chi connectivity index (χ4n) is 2.18. The minimum atomic E-state index is -0.854. The molecule has 22 heavy (non-hydrogen) atoms. The molecular formula is C17H22N2O3. The molecule has 1 aromatic carbocycles. The van der Waals surface area contributed by atoms with Crippen molar-refractivity contribution < 1.29 is 14.3 Å². The molecule has 1 heterocycles. The van der Waals surface area contributed by atoms with E-state index in [2.05, 4.69) is 10.3 Å². The minimum absolute atomic E-state index is 0.174. The summed E-state index contributed by atoms with van der Waals surface area (Å²) in [7, 11) is 1.54. The van der Waals surface area contributed by atoms with Gasteiger partial charge in [0.15, 0.2) is 0 Å². The number of ether oxygens (including phenoxy) is 2. The number of pyridine rings is 1. The van der Waals surface area contributed by atoms with Gasteiger partial charge in [-0.2, -0.15) is 0 Å². The number of fused-ring (bicyclic) bond motifs is 1. The van der Waals surface area contributed by atoms with Gasteiger partial charge in [-0.15, -0.1) is 0 Å². The second-order valence-electron chi connectivity index (χ2n) is 5.19. The number of hydrogen-bond donors (Lipinski definition) is 1. The summed E-state index contributed by atoms with van der Waals surface area (Å²) in [6.45, 7) is 6.18. The Kier molecular flexibility index (Phi) is 4.98. The molecular weight excluding hydrogens is 280 g/mol. The van der Waals surface area contributed by atoms with Crippen molar-refractivity contribution in [1.29, 1.82) is 0 Å². The third-order valence-electron chi connectivity index (χ3n) is 3.89. The van der Waals surface area contributed by atoms with Gasteiger partial charge >= 0.3 is 0 Å². The number of hydrogen-bond acceptors (Lipinski definition) is 4. The highest BCUT2D eigenvalue weighted by Gasteiger charge is 2.31. The van der Waals surface area contributed by atoms with E-state index in [0.717, 1.165) is 10.9 Å². The summed E-state index contributed by atoms with van der Waals surface area (Å²) in [6.07, 6.45) is 2.30. The first kappa shape index (κ1) is 16.2. The van der Waals surface area contributed by atoms with Gasteiger partial charge in [0.05, 0.1) is 12.3 Å². The Bertz CT molecular complexity index is 666. The van der Waals surface area contributed by atoms with Gasteiger partial charge < -0.3 is 14.8 Å². The molecule has 0 radical (unpaired) electrons. The van der Waals surface area contributed by atoms with Crippen molar-refractivity contribution in [2.24, 2.45) is 0 Å². The molecule has 0 bridgehead atoms. The van der Waals surface area contributed by atoms with Crippen molar-refractivity contribution in [3.63, 3.8) is 0 Å². The van der Waals surface area contributed by atoms with Crippen LogP contribution in [0.2, 0.25) is 0 Å². The molecule has 0 aliphatic carbocycles. The van der Waals surface area contributed by atoms with Crippen molar-refractivity contribution in [1.82, 2.24) is 4.98 Å². The second kappa shape index (κ2) is 6.75. The summed E-state index contributed by atoms with van der Waals surface area (Å²) in [5, 5.41) is 3.78. The maximum absolute atomic E-state index is 12.5. The quantitative estimate of drug-likeness (QED) is 0.888. The van der Waals surface area contributed by atoms with Crippen LogP contribution in [0.3, 0.4) is 0 Å². The van der Waals surface area contributed by atoms with E-state index < -0.39 is 5.60 Å². The lowest BCUT2D eigenvalue weighted by atomic mass is 10.0. The molecule has 0 saturated carbocycles. The highest BCUT2D eigenvalue weighted by molar-refractivity contribution is 6.05. The van der Waals surface area contributed by atoms with Crippen LogP contribution in [0.25, 0.3) is 10.9 Å². The predicted octanol–water partition coefficient (Wildman–Crippen LogP) is 3.39. The van der Waals surface area contributed by atoms with E-state index in [-0.39, 0.29) is 5.91 Å². The Hall–Kier alpha value is -2.14. The van der Waals surface area contributed by atoms with Gasteiger partial charge in [-0.25, -0.2) is 0 Å². The van der Waals surface area contributed by atoms with Gasteiger partial charge in [0.1, 0.15) is 16.9 Å². The average molecular weight is 302 g/mol. The molecule has 1 amide bonds. The van der Waals surface area contributed by atoms with Crippen LogP contribution in [0, 0.1) is 0 Å². The molecule has 0 saturated heterocycles. The van der Waals surface area contributed by atoms with E-state index in [1.54, 1.807) is 20.2 Å². The first-order chi connectivity index (χ1) is 10.6. The van der Waals surface area contributed by atoms with E-state index >= 15 is 0 Å². The zero-order valence-corrected chi connectivity index (χ0v) is 13.5. The summed E-state index contributed by atoms with van der Waals surface area (Å²) < 4.78 is 10.9. The van der Waals surface area contributed by atoms with Crippen LogP contribution < -0.4 is 10.1 Å². The number of aromatic nitrogens is 1. The zero-order chi connectivity index (χ0) is 16.2. The Morgan fingerprint density at radius 2 is 2.09 bits per heavy atom. The maximum Gasteiger partial charge on any atom is 0.256 e. The number of rotatable bonds is 6. The monoisotopic (exact) mass is 302 g/mol. The molecule has 5 heteroatoms. The number of anilines is 1. The van der Waals surface area contributed by atoms with Crippen LogP contribution in [-0.4, -0.2) is 30.2 Å². The molecule has 1 atom stereocenters. The topological polar surface area (TPSA) is 60.5 Å². The lowest BCUT2D eigenvalue weighted by Crippen LogP contribution is -2.41. The fraction of sp³-hybridized carbons (Fsp3) is 0.412. The minimum Gasteiger partial charge on any atom is -0.492 e. The number of methoxy groups -OCH3 is 1. The molecule has 2 aromatic rings. The molecule has 1 N–H and O–H groups in total. The van der Waals surface area contributed by atoms with E-state index in [0.29, 0.717) is 24.5 Å². The molecule has 118 valence electrons. The largest absolute Gasteiger partial charge is 0.492 e. The standard InChI is InChI=1S/C17H22N2O3/c1-5-17(3,21-4)16(20)19-13-9-10-14(22-6-2)15-12(13)8-7-11-18-15/h7-11H,5-6H2,1-4H3,(H,19,20)/t17-/m0/s1. The summed E-state index contributed by atoms with van der Waals surface area (Å²) in [4.78, 5) is 16.8. The molecule has 0 unspecified atom stereocenters.